The first-order chi connectivity index (χ1) is 7.51. The van der Waals surface area contributed by atoms with E-state index in [2.05, 4.69) is 20.1 Å². The van der Waals surface area contributed by atoms with Crippen LogP contribution in [-0.4, -0.2) is 29.0 Å². The van der Waals surface area contributed by atoms with Crippen molar-refractivity contribution in [1.29, 1.82) is 0 Å². The molecule has 1 N–H and O–H groups in total. The lowest BCUT2D eigenvalue weighted by molar-refractivity contribution is 0.273. The number of rotatable bonds is 9. The molecule has 0 amide bonds. The highest BCUT2D eigenvalue weighted by atomic mass is 28.5. The van der Waals surface area contributed by atoms with Crippen LogP contribution in [0.1, 0.15) is 26.7 Å². The summed E-state index contributed by atoms with van der Waals surface area (Å²) in [5.74, 6) is 0. The summed E-state index contributed by atoms with van der Waals surface area (Å²) in [5.41, 5.74) is 3.34. The van der Waals surface area contributed by atoms with Gasteiger partial charge in [-0.15, -0.1) is 13.2 Å². The molecule has 0 radical (unpaired) electrons. The van der Waals surface area contributed by atoms with Gasteiger partial charge >= 0.3 is 17.1 Å². The van der Waals surface area contributed by atoms with Crippen LogP contribution >= 0.6 is 0 Å². The molecule has 0 rings (SSSR count). The van der Waals surface area contributed by atoms with Gasteiger partial charge in [0.2, 0.25) is 0 Å². The minimum absolute atomic E-state index is 0.659. The SMILES string of the molecule is C=C[Si](O)(CCC)O[Si](C=C)(CCC)OC. The number of hydrogen-bond donors (Lipinski definition) is 1. The summed E-state index contributed by atoms with van der Waals surface area (Å²) in [5, 5.41) is 0. The van der Waals surface area contributed by atoms with Crippen molar-refractivity contribution in [3.05, 3.63) is 24.6 Å². The first-order valence-corrected chi connectivity index (χ1v) is 10.0. The van der Waals surface area contributed by atoms with Crippen LogP contribution in [0.3, 0.4) is 0 Å². The van der Waals surface area contributed by atoms with Crippen molar-refractivity contribution in [1.82, 2.24) is 0 Å². The third-order valence-corrected chi connectivity index (χ3v) is 9.69. The van der Waals surface area contributed by atoms with Gasteiger partial charge in [-0.1, -0.05) is 38.1 Å². The molecule has 0 aromatic heterocycles. The fourth-order valence-corrected chi connectivity index (χ4v) is 8.02. The average Bonchev–Trinajstić information content (AvgIpc) is 2.29. The Balaban J connectivity index is 4.82. The summed E-state index contributed by atoms with van der Waals surface area (Å²) in [4.78, 5) is 10.4. The predicted molar refractivity (Wildman–Crippen MR) is 72.4 cm³/mol. The Morgan fingerprint density at radius 1 is 1.12 bits per heavy atom. The Bertz CT molecular complexity index is 235. The van der Waals surface area contributed by atoms with E-state index in [0.717, 1.165) is 18.9 Å². The van der Waals surface area contributed by atoms with E-state index in [4.69, 9.17) is 8.54 Å². The van der Waals surface area contributed by atoms with Crippen LogP contribution in [0.2, 0.25) is 12.1 Å². The van der Waals surface area contributed by atoms with Crippen molar-refractivity contribution in [3.8, 4) is 0 Å². The van der Waals surface area contributed by atoms with E-state index in [1.165, 1.54) is 0 Å². The monoisotopic (exact) mass is 260 g/mol. The molecule has 0 aliphatic rings. The standard InChI is InChI=1S/C11H24O3Si2/c1-6-10-15(12,8-3)14-16(9-4,13-5)11-7-2/h8-9,12H,3-4,6-7,10-11H2,1-2,5H3. The summed E-state index contributed by atoms with van der Waals surface area (Å²) >= 11 is 0. The van der Waals surface area contributed by atoms with Gasteiger partial charge in [-0.2, -0.15) is 0 Å². The molecule has 0 aromatic rings. The van der Waals surface area contributed by atoms with E-state index >= 15 is 0 Å². The van der Waals surface area contributed by atoms with Crippen molar-refractivity contribution in [3.63, 3.8) is 0 Å². The Morgan fingerprint density at radius 2 is 1.69 bits per heavy atom. The molecule has 16 heavy (non-hydrogen) atoms. The molecule has 0 saturated heterocycles. The van der Waals surface area contributed by atoms with E-state index in [1.54, 1.807) is 18.5 Å². The van der Waals surface area contributed by atoms with Crippen LogP contribution in [-0.2, 0) is 8.54 Å². The maximum atomic E-state index is 10.4. The van der Waals surface area contributed by atoms with Crippen molar-refractivity contribution in [2.75, 3.05) is 7.11 Å². The Hall–Kier alpha value is -0.206. The molecular formula is C11H24O3Si2. The third kappa shape index (κ3) is 4.35. The van der Waals surface area contributed by atoms with Crippen molar-refractivity contribution in [2.45, 2.75) is 38.8 Å². The van der Waals surface area contributed by atoms with E-state index in [-0.39, 0.29) is 0 Å². The molecule has 0 aromatic carbocycles. The second-order valence-corrected chi connectivity index (χ2v) is 10.2. The van der Waals surface area contributed by atoms with Crippen LogP contribution in [0.25, 0.3) is 0 Å². The molecule has 3 nitrogen and oxygen atoms in total. The molecule has 0 bridgehead atoms. The lowest BCUT2D eigenvalue weighted by Gasteiger charge is -2.33. The highest BCUT2D eigenvalue weighted by Crippen LogP contribution is 2.24. The lowest BCUT2D eigenvalue weighted by Crippen LogP contribution is -2.51. The molecule has 0 fully saturated rings. The summed E-state index contributed by atoms with van der Waals surface area (Å²) in [6.07, 6.45) is 1.84. The van der Waals surface area contributed by atoms with Crippen LogP contribution in [0.5, 0.6) is 0 Å². The molecule has 0 spiro atoms. The van der Waals surface area contributed by atoms with Gasteiger partial charge in [0.25, 0.3) is 0 Å². The van der Waals surface area contributed by atoms with Gasteiger partial charge in [0.1, 0.15) is 0 Å². The zero-order valence-corrected chi connectivity index (χ0v) is 12.7. The van der Waals surface area contributed by atoms with Crippen molar-refractivity contribution < 1.29 is 13.3 Å². The van der Waals surface area contributed by atoms with Crippen LogP contribution in [0, 0.1) is 0 Å². The summed E-state index contributed by atoms with van der Waals surface area (Å²) in [6.45, 7) is 11.6. The molecule has 5 heteroatoms. The zero-order valence-electron chi connectivity index (χ0n) is 10.7. The third-order valence-electron chi connectivity index (χ3n) is 2.53. The van der Waals surface area contributed by atoms with Gasteiger partial charge in [0, 0.05) is 7.11 Å². The van der Waals surface area contributed by atoms with E-state index in [0.29, 0.717) is 6.04 Å². The van der Waals surface area contributed by atoms with Gasteiger partial charge in [-0.05, 0) is 12.1 Å². The fraction of sp³-hybridized carbons (Fsp3) is 0.636. The first-order valence-electron chi connectivity index (χ1n) is 5.76. The summed E-state index contributed by atoms with van der Waals surface area (Å²) in [6, 6.07) is 1.48. The Kier molecular flexibility index (Phi) is 7.09. The zero-order chi connectivity index (χ0) is 12.7. The second kappa shape index (κ2) is 7.18. The van der Waals surface area contributed by atoms with E-state index in [9.17, 15) is 4.80 Å². The lowest BCUT2D eigenvalue weighted by atomic mass is 10.6. The molecule has 0 saturated carbocycles. The van der Waals surface area contributed by atoms with E-state index in [1.807, 2.05) is 6.92 Å². The molecular weight excluding hydrogens is 236 g/mol. The van der Waals surface area contributed by atoms with Gasteiger partial charge in [-0.25, -0.2) is 0 Å². The van der Waals surface area contributed by atoms with Gasteiger partial charge < -0.3 is 13.3 Å². The largest absolute Gasteiger partial charge is 0.408 e. The van der Waals surface area contributed by atoms with Gasteiger partial charge in [0.15, 0.2) is 0 Å². The molecule has 2 atom stereocenters. The molecule has 0 aliphatic carbocycles. The van der Waals surface area contributed by atoms with Crippen LogP contribution in [0.4, 0.5) is 0 Å². The minimum atomic E-state index is -2.81. The summed E-state index contributed by atoms with van der Waals surface area (Å²) in [7, 11) is -3.61. The molecule has 94 valence electrons. The topological polar surface area (TPSA) is 38.7 Å². The van der Waals surface area contributed by atoms with Crippen LogP contribution < -0.4 is 0 Å². The highest BCUT2D eigenvalue weighted by molar-refractivity contribution is 6.85. The van der Waals surface area contributed by atoms with Gasteiger partial charge in [-0.3, -0.25) is 0 Å². The maximum absolute atomic E-state index is 10.4. The molecule has 2 unspecified atom stereocenters. The minimum Gasteiger partial charge on any atom is -0.408 e. The van der Waals surface area contributed by atoms with Gasteiger partial charge in [0.05, 0.1) is 0 Å². The van der Waals surface area contributed by atoms with Crippen molar-refractivity contribution in [2.24, 2.45) is 0 Å². The summed E-state index contributed by atoms with van der Waals surface area (Å²) < 4.78 is 11.4. The van der Waals surface area contributed by atoms with Crippen LogP contribution in [0.15, 0.2) is 24.6 Å². The normalized spacial score (nSPS) is 18.5. The van der Waals surface area contributed by atoms with Crippen molar-refractivity contribution >= 4 is 17.1 Å². The predicted octanol–water partition coefficient (Wildman–Crippen LogP) is 2.80. The Morgan fingerprint density at radius 3 is 2.00 bits per heavy atom. The second-order valence-electron chi connectivity index (χ2n) is 3.87. The first kappa shape index (κ1) is 15.8. The quantitative estimate of drug-likeness (QED) is 0.648. The molecule has 0 aliphatic heterocycles. The fourth-order valence-electron chi connectivity index (χ4n) is 1.62. The van der Waals surface area contributed by atoms with E-state index < -0.39 is 17.1 Å². The number of hydrogen-bond acceptors (Lipinski definition) is 3. The average molecular weight is 260 g/mol. The highest BCUT2D eigenvalue weighted by Gasteiger charge is 2.42. The molecule has 0 heterocycles. The smallest absolute Gasteiger partial charge is 0.355 e. The maximum Gasteiger partial charge on any atom is 0.355 e. The Labute approximate surface area is 101 Å².